The van der Waals surface area contributed by atoms with Gasteiger partial charge >= 0.3 is 0 Å². The first kappa shape index (κ1) is 13.2. The van der Waals surface area contributed by atoms with E-state index in [0.717, 1.165) is 12.8 Å². The molecule has 1 aromatic heterocycles. The lowest BCUT2D eigenvalue weighted by Crippen LogP contribution is -2.41. The number of amides is 1. The van der Waals surface area contributed by atoms with Gasteiger partial charge in [-0.25, -0.2) is 0 Å². The zero-order valence-corrected chi connectivity index (χ0v) is 10.8. The molecule has 6 heteroatoms. The standard InChI is InChI=1S/C12H16ClN3O2/c13-4-8-18-11-2-6-16(7-3-11)12(17)10-1-5-14-15-9-10/h1,5,9,11H,2-4,6-8H2. The maximum absolute atomic E-state index is 12.1. The van der Waals surface area contributed by atoms with Crippen LogP contribution < -0.4 is 0 Å². The molecule has 2 heterocycles. The second kappa shape index (κ2) is 6.66. The third-order valence-corrected chi connectivity index (χ3v) is 3.15. The van der Waals surface area contributed by atoms with Gasteiger partial charge in [-0.15, -0.1) is 11.6 Å². The molecule has 0 radical (unpaired) electrons. The number of piperidine rings is 1. The van der Waals surface area contributed by atoms with E-state index in [4.69, 9.17) is 16.3 Å². The molecular formula is C12H16ClN3O2. The molecule has 0 spiro atoms. The minimum absolute atomic E-state index is 0.0145. The summed E-state index contributed by atoms with van der Waals surface area (Å²) in [4.78, 5) is 13.9. The highest BCUT2D eigenvalue weighted by molar-refractivity contribution is 6.17. The van der Waals surface area contributed by atoms with Crippen molar-refractivity contribution in [3.8, 4) is 0 Å². The van der Waals surface area contributed by atoms with Crippen molar-refractivity contribution in [1.29, 1.82) is 0 Å². The summed E-state index contributed by atoms with van der Waals surface area (Å²) in [6.07, 6.45) is 4.98. The fraction of sp³-hybridized carbons (Fsp3) is 0.583. The number of ether oxygens (including phenoxy) is 1. The van der Waals surface area contributed by atoms with Crippen LogP contribution in [0.4, 0.5) is 0 Å². The summed E-state index contributed by atoms with van der Waals surface area (Å²) in [6.45, 7) is 2.01. The van der Waals surface area contributed by atoms with E-state index in [1.807, 2.05) is 4.90 Å². The molecule has 0 bridgehead atoms. The number of halogens is 1. The van der Waals surface area contributed by atoms with Crippen molar-refractivity contribution in [2.75, 3.05) is 25.6 Å². The monoisotopic (exact) mass is 269 g/mol. The fourth-order valence-electron chi connectivity index (χ4n) is 2.04. The van der Waals surface area contributed by atoms with Crippen LogP contribution in [-0.4, -0.2) is 52.7 Å². The van der Waals surface area contributed by atoms with Crippen molar-refractivity contribution in [1.82, 2.24) is 15.1 Å². The molecular weight excluding hydrogens is 254 g/mol. The SMILES string of the molecule is O=C(c1ccnnc1)N1CCC(OCCCl)CC1. The molecule has 98 valence electrons. The smallest absolute Gasteiger partial charge is 0.255 e. The Hall–Kier alpha value is -1.20. The van der Waals surface area contributed by atoms with E-state index < -0.39 is 0 Å². The van der Waals surface area contributed by atoms with Crippen LogP contribution >= 0.6 is 11.6 Å². The van der Waals surface area contributed by atoms with Crippen LogP contribution in [0.15, 0.2) is 18.5 Å². The molecule has 1 fully saturated rings. The molecule has 1 aliphatic heterocycles. The largest absolute Gasteiger partial charge is 0.377 e. The van der Waals surface area contributed by atoms with Crippen molar-refractivity contribution in [2.45, 2.75) is 18.9 Å². The predicted octanol–water partition coefficient (Wildman–Crippen LogP) is 1.34. The van der Waals surface area contributed by atoms with Crippen molar-refractivity contribution in [3.63, 3.8) is 0 Å². The van der Waals surface area contributed by atoms with E-state index >= 15 is 0 Å². The van der Waals surface area contributed by atoms with Gasteiger partial charge in [0.15, 0.2) is 0 Å². The van der Waals surface area contributed by atoms with Gasteiger partial charge in [0.05, 0.1) is 30.7 Å². The average molecular weight is 270 g/mol. The lowest BCUT2D eigenvalue weighted by Gasteiger charge is -2.31. The van der Waals surface area contributed by atoms with E-state index in [2.05, 4.69) is 10.2 Å². The Labute approximate surface area is 111 Å². The Morgan fingerprint density at radius 3 is 2.83 bits per heavy atom. The molecule has 18 heavy (non-hydrogen) atoms. The van der Waals surface area contributed by atoms with Gasteiger partial charge in [-0.1, -0.05) is 0 Å². The molecule has 1 aromatic rings. The van der Waals surface area contributed by atoms with E-state index in [1.165, 1.54) is 12.4 Å². The minimum atomic E-state index is 0.0145. The molecule has 0 unspecified atom stereocenters. The van der Waals surface area contributed by atoms with Crippen LogP contribution in [0.25, 0.3) is 0 Å². The maximum atomic E-state index is 12.1. The second-order valence-corrected chi connectivity index (χ2v) is 4.56. The van der Waals surface area contributed by atoms with Crippen LogP contribution in [-0.2, 0) is 4.74 Å². The van der Waals surface area contributed by atoms with Gasteiger partial charge in [-0.2, -0.15) is 10.2 Å². The highest BCUT2D eigenvalue weighted by Gasteiger charge is 2.23. The Bertz CT molecular complexity index is 380. The number of nitrogens with zero attached hydrogens (tertiary/aromatic N) is 3. The van der Waals surface area contributed by atoms with Gasteiger partial charge in [0.25, 0.3) is 5.91 Å². The minimum Gasteiger partial charge on any atom is -0.377 e. The van der Waals surface area contributed by atoms with E-state index in [1.54, 1.807) is 6.07 Å². The summed E-state index contributed by atoms with van der Waals surface area (Å²) < 4.78 is 5.57. The van der Waals surface area contributed by atoms with Crippen LogP contribution in [0.2, 0.25) is 0 Å². The summed E-state index contributed by atoms with van der Waals surface area (Å²) in [5, 5.41) is 7.38. The number of hydrogen-bond donors (Lipinski definition) is 0. The molecule has 2 rings (SSSR count). The predicted molar refractivity (Wildman–Crippen MR) is 67.6 cm³/mol. The molecule has 0 N–H and O–H groups in total. The number of aromatic nitrogens is 2. The molecule has 0 aliphatic carbocycles. The molecule has 0 atom stereocenters. The van der Waals surface area contributed by atoms with Gasteiger partial charge in [-0.05, 0) is 18.9 Å². The number of carbonyl (C=O) groups excluding carboxylic acids is 1. The summed E-state index contributed by atoms with van der Waals surface area (Å²) in [5.74, 6) is 0.530. The Morgan fingerprint density at radius 2 is 2.22 bits per heavy atom. The number of hydrogen-bond acceptors (Lipinski definition) is 4. The summed E-state index contributed by atoms with van der Waals surface area (Å²) >= 11 is 5.58. The van der Waals surface area contributed by atoms with E-state index in [9.17, 15) is 4.79 Å². The van der Waals surface area contributed by atoms with E-state index in [0.29, 0.717) is 31.1 Å². The summed E-state index contributed by atoms with van der Waals surface area (Å²) in [5.41, 5.74) is 0.588. The van der Waals surface area contributed by atoms with Crippen LogP contribution in [0.3, 0.4) is 0 Å². The highest BCUT2D eigenvalue weighted by Crippen LogP contribution is 2.15. The Morgan fingerprint density at radius 1 is 1.44 bits per heavy atom. The van der Waals surface area contributed by atoms with Gasteiger partial charge < -0.3 is 9.64 Å². The fourth-order valence-corrected chi connectivity index (χ4v) is 2.13. The van der Waals surface area contributed by atoms with E-state index in [-0.39, 0.29) is 12.0 Å². The van der Waals surface area contributed by atoms with Crippen molar-refractivity contribution in [2.24, 2.45) is 0 Å². The summed E-state index contributed by atoms with van der Waals surface area (Å²) in [7, 11) is 0. The van der Waals surface area contributed by atoms with Crippen molar-refractivity contribution < 1.29 is 9.53 Å². The normalized spacial score (nSPS) is 16.8. The topological polar surface area (TPSA) is 55.3 Å². The lowest BCUT2D eigenvalue weighted by atomic mass is 10.1. The van der Waals surface area contributed by atoms with Crippen molar-refractivity contribution >= 4 is 17.5 Å². The van der Waals surface area contributed by atoms with Crippen LogP contribution in [0.5, 0.6) is 0 Å². The van der Waals surface area contributed by atoms with Crippen LogP contribution in [0, 0.1) is 0 Å². The molecule has 1 aliphatic rings. The first-order valence-corrected chi connectivity index (χ1v) is 6.58. The number of rotatable bonds is 4. The third-order valence-electron chi connectivity index (χ3n) is 2.99. The Kier molecular flexibility index (Phi) is 4.90. The van der Waals surface area contributed by atoms with Gasteiger partial charge in [0.1, 0.15) is 0 Å². The molecule has 1 saturated heterocycles. The van der Waals surface area contributed by atoms with Gasteiger partial charge in [0.2, 0.25) is 0 Å². The quantitative estimate of drug-likeness (QED) is 0.774. The molecule has 0 saturated carbocycles. The van der Waals surface area contributed by atoms with Crippen molar-refractivity contribution in [3.05, 3.63) is 24.0 Å². The molecule has 1 amide bonds. The highest BCUT2D eigenvalue weighted by atomic mass is 35.5. The summed E-state index contributed by atoms with van der Waals surface area (Å²) in [6, 6.07) is 1.69. The zero-order valence-electron chi connectivity index (χ0n) is 10.1. The first-order chi connectivity index (χ1) is 8.81. The molecule has 5 nitrogen and oxygen atoms in total. The molecule has 0 aromatic carbocycles. The number of alkyl halides is 1. The van der Waals surface area contributed by atoms with Crippen LogP contribution in [0.1, 0.15) is 23.2 Å². The van der Waals surface area contributed by atoms with Gasteiger partial charge in [0, 0.05) is 19.0 Å². The Balaban J connectivity index is 1.84. The average Bonchev–Trinajstić information content (AvgIpc) is 2.46. The third kappa shape index (κ3) is 3.40. The number of likely N-dealkylation sites (tertiary alicyclic amines) is 1. The first-order valence-electron chi connectivity index (χ1n) is 6.05. The zero-order chi connectivity index (χ0) is 12.8. The number of carbonyl (C=O) groups is 1. The second-order valence-electron chi connectivity index (χ2n) is 4.18. The maximum Gasteiger partial charge on any atom is 0.255 e. The lowest BCUT2D eigenvalue weighted by molar-refractivity contribution is 0.0154. The van der Waals surface area contributed by atoms with Gasteiger partial charge in [-0.3, -0.25) is 4.79 Å².